The molecule has 20 heavy (non-hydrogen) atoms. The summed E-state index contributed by atoms with van der Waals surface area (Å²) in [6, 6.07) is 4.91. The molecule has 110 valence electrons. The summed E-state index contributed by atoms with van der Waals surface area (Å²) in [5.41, 5.74) is 0.981. The first-order valence-electron chi connectivity index (χ1n) is 7.84. The van der Waals surface area contributed by atoms with Crippen molar-refractivity contribution < 1.29 is 4.39 Å². The molecular formula is C16H24FN3. The molecule has 0 spiro atoms. The van der Waals surface area contributed by atoms with Gasteiger partial charge in [0, 0.05) is 24.7 Å². The summed E-state index contributed by atoms with van der Waals surface area (Å²) in [6.07, 6.45) is 7.81. The first-order valence-corrected chi connectivity index (χ1v) is 7.84. The molecule has 3 nitrogen and oxygen atoms in total. The molecule has 0 amide bonds. The molecule has 1 saturated heterocycles. The lowest BCUT2D eigenvalue weighted by molar-refractivity contribution is 0.164. The molecule has 2 aliphatic rings. The van der Waals surface area contributed by atoms with Gasteiger partial charge in [0.25, 0.3) is 0 Å². The third-order valence-electron chi connectivity index (χ3n) is 4.54. The molecule has 2 heterocycles. The van der Waals surface area contributed by atoms with Crippen LogP contribution in [-0.4, -0.2) is 35.1 Å². The average molecular weight is 277 g/mol. The minimum Gasteiger partial charge on any atom is -0.313 e. The minimum absolute atomic E-state index is 0.257. The van der Waals surface area contributed by atoms with Crippen molar-refractivity contribution in [3.63, 3.8) is 0 Å². The zero-order valence-electron chi connectivity index (χ0n) is 12.2. The third kappa shape index (κ3) is 3.36. The van der Waals surface area contributed by atoms with Gasteiger partial charge < -0.3 is 5.32 Å². The fourth-order valence-corrected chi connectivity index (χ4v) is 3.17. The van der Waals surface area contributed by atoms with Crippen LogP contribution in [0.4, 0.5) is 4.39 Å². The number of nitrogens with zero attached hydrogens (tertiary/aromatic N) is 2. The standard InChI is InChI=1S/C16H24FN3/c1-12(16-8-5-13(17)10-19-16)20(15-6-7-15)11-14-4-2-3-9-18-14/h5,8,10,12,14-15,18H,2-4,6-7,9,11H2,1H3. The summed E-state index contributed by atoms with van der Waals surface area (Å²) >= 11 is 0. The van der Waals surface area contributed by atoms with Gasteiger partial charge in [-0.25, -0.2) is 4.39 Å². The molecule has 0 radical (unpaired) electrons. The van der Waals surface area contributed by atoms with Crippen LogP contribution in [0.5, 0.6) is 0 Å². The summed E-state index contributed by atoms with van der Waals surface area (Å²) in [6.45, 7) is 4.43. The van der Waals surface area contributed by atoms with Crippen LogP contribution in [0, 0.1) is 5.82 Å². The summed E-state index contributed by atoms with van der Waals surface area (Å²) in [4.78, 5) is 6.82. The van der Waals surface area contributed by atoms with Crippen LogP contribution < -0.4 is 5.32 Å². The van der Waals surface area contributed by atoms with Crippen LogP contribution in [-0.2, 0) is 0 Å². The topological polar surface area (TPSA) is 28.2 Å². The number of nitrogens with one attached hydrogen (secondary N) is 1. The van der Waals surface area contributed by atoms with Crippen molar-refractivity contribution in [3.8, 4) is 0 Å². The smallest absolute Gasteiger partial charge is 0.141 e. The monoisotopic (exact) mass is 277 g/mol. The Morgan fingerprint density at radius 3 is 2.80 bits per heavy atom. The van der Waals surface area contributed by atoms with E-state index in [0.29, 0.717) is 12.1 Å². The Balaban J connectivity index is 1.67. The van der Waals surface area contributed by atoms with Gasteiger partial charge in [-0.1, -0.05) is 6.42 Å². The second-order valence-corrected chi connectivity index (χ2v) is 6.15. The lowest BCUT2D eigenvalue weighted by Gasteiger charge is -2.34. The first kappa shape index (κ1) is 14.0. The predicted octanol–water partition coefficient (Wildman–Crippen LogP) is 2.89. The van der Waals surface area contributed by atoms with E-state index in [1.165, 1.54) is 44.4 Å². The van der Waals surface area contributed by atoms with Crippen LogP contribution >= 0.6 is 0 Å². The quantitative estimate of drug-likeness (QED) is 0.897. The Labute approximate surface area is 120 Å². The molecular weight excluding hydrogens is 253 g/mol. The van der Waals surface area contributed by atoms with E-state index < -0.39 is 0 Å². The fourth-order valence-electron chi connectivity index (χ4n) is 3.17. The van der Waals surface area contributed by atoms with E-state index in [0.717, 1.165) is 18.8 Å². The molecule has 1 N–H and O–H groups in total. The van der Waals surface area contributed by atoms with Crippen molar-refractivity contribution >= 4 is 0 Å². The van der Waals surface area contributed by atoms with Gasteiger partial charge in [0.1, 0.15) is 5.82 Å². The Morgan fingerprint density at radius 2 is 2.20 bits per heavy atom. The Hall–Kier alpha value is -1.00. The van der Waals surface area contributed by atoms with E-state index in [2.05, 4.69) is 22.1 Å². The summed E-state index contributed by atoms with van der Waals surface area (Å²) in [5.74, 6) is -0.257. The average Bonchev–Trinajstić information content (AvgIpc) is 3.30. The maximum absolute atomic E-state index is 13.0. The molecule has 1 aliphatic carbocycles. The summed E-state index contributed by atoms with van der Waals surface area (Å²) in [5, 5.41) is 3.63. The van der Waals surface area contributed by atoms with Crippen molar-refractivity contribution in [1.82, 2.24) is 15.2 Å². The van der Waals surface area contributed by atoms with Crippen molar-refractivity contribution in [2.75, 3.05) is 13.1 Å². The molecule has 2 unspecified atom stereocenters. The number of hydrogen-bond acceptors (Lipinski definition) is 3. The van der Waals surface area contributed by atoms with Gasteiger partial charge in [-0.3, -0.25) is 9.88 Å². The van der Waals surface area contributed by atoms with Gasteiger partial charge in [0.2, 0.25) is 0 Å². The van der Waals surface area contributed by atoms with Crippen molar-refractivity contribution in [2.45, 2.75) is 57.2 Å². The fraction of sp³-hybridized carbons (Fsp3) is 0.688. The van der Waals surface area contributed by atoms with Crippen molar-refractivity contribution in [3.05, 3.63) is 29.8 Å². The molecule has 4 heteroatoms. The number of rotatable bonds is 5. The molecule has 1 saturated carbocycles. The Morgan fingerprint density at radius 1 is 1.35 bits per heavy atom. The molecule has 1 aromatic heterocycles. The molecule has 1 aliphatic heterocycles. The van der Waals surface area contributed by atoms with E-state index in [1.54, 1.807) is 0 Å². The Kier molecular flexibility index (Phi) is 4.32. The number of hydrogen-bond donors (Lipinski definition) is 1. The molecule has 2 atom stereocenters. The largest absolute Gasteiger partial charge is 0.313 e. The van der Waals surface area contributed by atoms with Gasteiger partial charge in [-0.15, -0.1) is 0 Å². The number of aromatic nitrogens is 1. The van der Waals surface area contributed by atoms with E-state index in [9.17, 15) is 4.39 Å². The predicted molar refractivity (Wildman–Crippen MR) is 78.0 cm³/mol. The van der Waals surface area contributed by atoms with Crippen molar-refractivity contribution in [1.29, 1.82) is 0 Å². The number of piperidine rings is 1. The molecule has 3 rings (SSSR count). The van der Waals surface area contributed by atoms with Gasteiger partial charge in [-0.2, -0.15) is 0 Å². The van der Waals surface area contributed by atoms with Gasteiger partial charge in [0.15, 0.2) is 0 Å². The third-order valence-corrected chi connectivity index (χ3v) is 4.54. The molecule has 1 aromatic rings. The highest BCUT2D eigenvalue weighted by Crippen LogP contribution is 2.34. The second-order valence-electron chi connectivity index (χ2n) is 6.15. The molecule has 0 bridgehead atoms. The van der Waals surface area contributed by atoms with E-state index in [4.69, 9.17) is 0 Å². The highest BCUT2D eigenvalue weighted by Gasteiger charge is 2.34. The maximum atomic E-state index is 13.0. The summed E-state index contributed by atoms with van der Waals surface area (Å²) < 4.78 is 13.0. The van der Waals surface area contributed by atoms with E-state index in [1.807, 2.05) is 6.07 Å². The van der Waals surface area contributed by atoms with Gasteiger partial charge >= 0.3 is 0 Å². The second kappa shape index (κ2) is 6.19. The van der Waals surface area contributed by atoms with E-state index >= 15 is 0 Å². The van der Waals surface area contributed by atoms with E-state index in [-0.39, 0.29) is 11.9 Å². The molecule has 2 fully saturated rings. The Bertz CT molecular complexity index is 424. The van der Waals surface area contributed by atoms with Crippen LogP contribution in [0.15, 0.2) is 18.3 Å². The van der Waals surface area contributed by atoms with Crippen molar-refractivity contribution in [2.24, 2.45) is 0 Å². The highest BCUT2D eigenvalue weighted by atomic mass is 19.1. The molecule has 0 aromatic carbocycles. The lowest BCUT2D eigenvalue weighted by Crippen LogP contribution is -2.45. The van der Waals surface area contributed by atoms with Crippen LogP contribution in [0.25, 0.3) is 0 Å². The van der Waals surface area contributed by atoms with Gasteiger partial charge in [0.05, 0.1) is 11.9 Å². The zero-order chi connectivity index (χ0) is 13.9. The number of halogens is 1. The maximum Gasteiger partial charge on any atom is 0.141 e. The van der Waals surface area contributed by atoms with Crippen LogP contribution in [0.3, 0.4) is 0 Å². The lowest BCUT2D eigenvalue weighted by atomic mass is 10.0. The SMILES string of the molecule is CC(c1ccc(F)cn1)N(CC1CCCCN1)C1CC1. The van der Waals surface area contributed by atoms with Gasteiger partial charge in [-0.05, 0) is 51.3 Å². The minimum atomic E-state index is -0.257. The first-order chi connectivity index (χ1) is 9.74. The number of pyridine rings is 1. The highest BCUT2D eigenvalue weighted by molar-refractivity contribution is 5.10. The van der Waals surface area contributed by atoms with Crippen LogP contribution in [0.2, 0.25) is 0 Å². The zero-order valence-corrected chi connectivity index (χ0v) is 12.2. The summed E-state index contributed by atoms with van der Waals surface area (Å²) in [7, 11) is 0. The normalized spacial score (nSPS) is 24.9. The van der Waals surface area contributed by atoms with Crippen LogP contribution in [0.1, 0.15) is 50.8 Å².